The van der Waals surface area contributed by atoms with Gasteiger partial charge in [-0.3, -0.25) is 9.88 Å². The number of halogens is 1. The first kappa shape index (κ1) is 26.7. The van der Waals surface area contributed by atoms with Crippen molar-refractivity contribution < 1.29 is 13.9 Å². The van der Waals surface area contributed by atoms with Gasteiger partial charge in [0.1, 0.15) is 22.6 Å². The van der Waals surface area contributed by atoms with Crippen molar-refractivity contribution in [2.45, 2.75) is 39.5 Å². The Morgan fingerprint density at radius 1 is 1.10 bits per heavy atom. The molecule has 0 saturated carbocycles. The third kappa shape index (κ3) is 6.58. The van der Waals surface area contributed by atoms with Crippen molar-refractivity contribution in [2.24, 2.45) is 0 Å². The quantitative estimate of drug-likeness (QED) is 0.375. The highest BCUT2D eigenvalue weighted by molar-refractivity contribution is 5.91. The van der Waals surface area contributed by atoms with Crippen LogP contribution in [0.5, 0.6) is 0 Å². The number of nitrogens with one attached hydrogen (secondary N) is 2. The fourth-order valence-electron chi connectivity index (χ4n) is 4.53. The lowest BCUT2D eigenvalue weighted by Gasteiger charge is -2.32. The summed E-state index contributed by atoms with van der Waals surface area (Å²) in [4.78, 5) is 33.8. The number of fused-ring (bicyclic) bond motifs is 1. The Kier molecular flexibility index (Phi) is 7.58. The van der Waals surface area contributed by atoms with Crippen molar-refractivity contribution in [1.29, 1.82) is 0 Å². The van der Waals surface area contributed by atoms with Crippen LogP contribution in [-0.2, 0) is 17.8 Å². The van der Waals surface area contributed by atoms with Crippen LogP contribution in [0.4, 0.5) is 9.18 Å². The largest absolute Gasteiger partial charge is 0.444 e. The molecule has 0 radical (unpaired) electrons. The molecule has 1 saturated heterocycles. The summed E-state index contributed by atoms with van der Waals surface area (Å²) >= 11 is 0. The van der Waals surface area contributed by atoms with Crippen LogP contribution in [0.3, 0.4) is 0 Å². The Hall–Kier alpha value is -3.89. The fraction of sp³-hybridized carbons (Fsp3) is 0.379. The van der Waals surface area contributed by atoms with Gasteiger partial charge in [-0.2, -0.15) is 0 Å². The molecule has 1 aliphatic rings. The summed E-state index contributed by atoms with van der Waals surface area (Å²) in [6.45, 7) is 10.5. The number of aromatic amines is 1. The van der Waals surface area contributed by atoms with Crippen molar-refractivity contribution in [3.63, 3.8) is 0 Å². The van der Waals surface area contributed by atoms with E-state index >= 15 is 0 Å². The Labute approximate surface area is 227 Å². The molecule has 1 aliphatic heterocycles. The minimum atomic E-state index is -0.621. The van der Waals surface area contributed by atoms with Crippen molar-refractivity contribution >= 4 is 17.3 Å². The summed E-state index contributed by atoms with van der Waals surface area (Å²) in [5.41, 5.74) is 4.26. The normalized spacial score (nSPS) is 15.0. The average Bonchev–Trinajstić information content (AvgIpc) is 3.33. The zero-order valence-corrected chi connectivity index (χ0v) is 22.8. The van der Waals surface area contributed by atoms with Gasteiger partial charge in [-0.05, 0) is 57.1 Å². The van der Waals surface area contributed by atoms with E-state index in [2.05, 4.69) is 43.2 Å². The molecule has 10 heteroatoms. The number of pyridine rings is 2. The van der Waals surface area contributed by atoms with Crippen LogP contribution < -0.4 is 5.32 Å². The van der Waals surface area contributed by atoms with Crippen molar-refractivity contribution in [3.8, 4) is 22.6 Å². The average molecular weight is 532 g/mol. The third-order valence-electron chi connectivity index (χ3n) is 6.64. The molecule has 9 nitrogen and oxygen atoms in total. The Morgan fingerprint density at radius 2 is 1.90 bits per heavy atom. The Balaban J connectivity index is 1.31. The number of H-pyrrole nitrogens is 1. The smallest absolute Gasteiger partial charge is 0.407 e. The van der Waals surface area contributed by atoms with E-state index < -0.39 is 17.5 Å². The molecule has 0 unspecified atom stereocenters. The van der Waals surface area contributed by atoms with Gasteiger partial charge >= 0.3 is 6.09 Å². The number of piperazine rings is 1. The maximum atomic E-state index is 15.0. The lowest BCUT2D eigenvalue weighted by atomic mass is 10.0. The number of ether oxygens (including phenoxy) is 1. The molecule has 4 aromatic rings. The second kappa shape index (κ2) is 11.1. The first-order chi connectivity index (χ1) is 18.6. The molecular weight excluding hydrogens is 497 g/mol. The second-order valence-electron chi connectivity index (χ2n) is 10.9. The van der Waals surface area contributed by atoms with Crippen LogP contribution in [0.2, 0.25) is 0 Å². The molecule has 4 heterocycles. The highest BCUT2D eigenvalue weighted by Gasteiger charge is 2.18. The van der Waals surface area contributed by atoms with Crippen molar-refractivity contribution in [3.05, 3.63) is 65.7 Å². The van der Waals surface area contributed by atoms with Gasteiger partial charge in [0.25, 0.3) is 0 Å². The van der Waals surface area contributed by atoms with Gasteiger partial charge in [0.2, 0.25) is 0 Å². The van der Waals surface area contributed by atoms with Gasteiger partial charge in [0, 0.05) is 62.8 Å². The summed E-state index contributed by atoms with van der Waals surface area (Å²) in [7, 11) is 2.15. The number of hydrogen-bond donors (Lipinski definition) is 2. The molecule has 0 aliphatic carbocycles. The minimum absolute atomic E-state index is 0.0236. The second-order valence-corrected chi connectivity index (χ2v) is 10.9. The molecule has 1 aromatic carbocycles. The molecule has 39 heavy (non-hydrogen) atoms. The molecule has 1 fully saturated rings. The zero-order valence-electron chi connectivity index (χ0n) is 22.8. The molecule has 0 spiro atoms. The van der Waals surface area contributed by atoms with Gasteiger partial charge in [-0.15, -0.1) is 0 Å². The number of nitrogens with zero attached hydrogens (tertiary/aromatic N) is 5. The van der Waals surface area contributed by atoms with Gasteiger partial charge in [-0.1, -0.05) is 18.2 Å². The van der Waals surface area contributed by atoms with Crippen molar-refractivity contribution in [1.82, 2.24) is 35.1 Å². The standard InChI is InChI=1S/C29H34FN7O2/c1-29(2,3)39-28(38)33-17-21-7-6-20(15-23(21)30)22-9-10-31-27-25(22)34-26(35-27)24-8-5-19(16-32-24)18-37-13-11-36(4)12-14-37/h5-10,15-16H,11-14,17-18H2,1-4H3,(H,33,38)(H,31,34,35). The number of alkyl carbamates (subject to hydrolysis) is 1. The predicted molar refractivity (Wildman–Crippen MR) is 148 cm³/mol. The molecule has 0 atom stereocenters. The van der Waals surface area contributed by atoms with E-state index in [9.17, 15) is 9.18 Å². The maximum absolute atomic E-state index is 15.0. The minimum Gasteiger partial charge on any atom is -0.444 e. The van der Waals surface area contributed by atoms with Crippen LogP contribution in [0.25, 0.3) is 33.8 Å². The molecule has 0 bridgehead atoms. The molecular formula is C29H34FN7O2. The molecule has 1 amide bonds. The summed E-state index contributed by atoms with van der Waals surface area (Å²) in [5, 5.41) is 2.60. The first-order valence-electron chi connectivity index (χ1n) is 13.1. The number of rotatable bonds is 6. The van der Waals surface area contributed by atoms with Gasteiger partial charge in [0.05, 0.1) is 0 Å². The zero-order chi connectivity index (χ0) is 27.6. The van der Waals surface area contributed by atoms with Crippen LogP contribution in [-0.4, -0.2) is 74.7 Å². The van der Waals surface area contributed by atoms with Crippen LogP contribution in [0.1, 0.15) is 31.9 Å². The predicted octanol–water partition coefficient (Wildman–Crippen LogP) is 4.60. The van der Waals surface area contributed by atoms with Crippen LogP contribution >= 0.6 is 0 Å². The lowest BCUT2D eigenvalue weighted by molar-refractivity contribution is 0.0523. The van der Waals surface area contributed by atoms with E-state index in [4.69, 9.17) is 9.72 Å². The SMILES string of the molecule is CN1CCN(Cc2ccc(-c3nc4c(-c5ccc(CNC(=O)OC(C)(C)C)c(F)c5)ccnc4[nH]3)nc2)CC1. The summed E-state index contributed by atoms with van der Waals surface area (Å²) in [6.07, 6.45) is 2.98. The van der Waals surface area contributed by atoms with E-state index in [1.54, 1.807) is 33.0 Å². The highest BCUT2D eigenvalue weighted by atomic mass is 19.1. The van der Waals surface area contributed by atoms with Gasteiger partial charge in [-0.25, -0.2) is 19.2 Å². The van der Waals surface area contributed by atoms with E-state index in [0.717, 1.165) is 49.5 Å². The van der Waals surface area contributed by atoms with E-state index in [-0.39, 0.29) is 6.54 Å². The fourth-order valence-corrected chi connectivity index (χ4v) is 4.53. The number of likely N-dealkylation sites (N-methyl/N-ethyl adjacent to an activating group) is 1. The number of aromatic nitrogens is 4. The summed E-state index contributed by atoms with van der Waals surface area (Å²) in [5.74, 6) is 0.177. The van der Waals surface area contributed by atoms with Crippen molar-refractivity contribution in [2.75, 3.05) is 33.2 Å². The highest BCUT2D eigenvalue weighted by Crippen LogP contribution is 2.29. The lowest BCUT2D eigenvalue weighted by Crippen LogP contribution is -2.43. The third-order valence-corrected chi connectivity index (χ3v) is 6.64. The molecule has 204 valence electrons. The number of carbonyl (C=O) groups is 1. The van der Waals surface area contributed by atoms with Crippen LogP contribution in [0, 0.1) is 5.82 Å². The van der Waals surface area contributed by atoms with Gasteiger partial charge < -0.3 is 19.9 Å². The monoisotopic (exact) mass is 531 g/mol. The maximum Gasteiger partial charge on any atom is 0.407 e. The summed E-state index contributed by atoms with van der Waals surface area (Å²) in [6, 6.07) is 10.8. The number of carbonyl (C=O) groups excluding carboxylic acids is 1. The number of benzene rings is 1. The number of imidazole rings is 1. The molecule has 2 N–H and O–H groups in total. The summed E-state index contributed by atoms with van der Waals surface area (Å²) < 4.78 is 20.2. The molecule has 3 aromatic heterocycles. The molecule has 5 rings (SSSR count). The van der Waals surface area contributed by atoms with E-state index in [1.165, 1.54) is 6.07 Å². The van der Waals surface area contributed by atoms with Gasteiger partial charge in [0.15, 0.2) is 11.5 Å². The Morgan fingerprint density at radius 3 is 2.59 bits per heavy atom. The number of hydrogen-bond acceptors (Lipinski definition) is 7. The number of amides is 1. The Bertz CT molecular complexity index is 1460. The topological polar surface area (TPSA) is 99.3 Å². The van der Waals surface area contributed by atoms with E-state index in [0.29, 0.717) is 28.1 Å². The van der Waals surface area contributed by atoms with E-state index in [1.807, 2.05) is 24.4 Å². The van der Waals surface area contributed by atoms with Crippen LogP contribution in [0.15, 0.2) is 48.8 Å². The first-order valence-corrected chi connectivity index (χ1v) is 13.1.